The van der Waals surface area contributed by atoms with Crippen LogP contribution in [0.4, 0.5) is 0 Å². The van der Waals surface area contributed by atoms with Gasteiger partial charge in [0.1, 0.15) is 6.04 Å². The van der Waals surface area contributed by atoms with E-state index in [0.29, 0.717) is 0 Å². The Hall–Kier alpha value is -0.870. The van der Waals surface area contributed by atoms with Crippen molar-refractivity contribution in [2.45, 2.75) is 6.04 Å². The molecule has 0 aliphatic heterocycles. The Morgan fingerprint density at radius 3 is 2.46 bits per heavy atom. The third kappa shape index (κ3) is 2.54. The van der Waals surface area contributed by atoms with Crippen molar-refractivity contribution in [2.24, 2.45) is 5.73 Å². The molecule has 0 heterocycles. The van der Waals surface area contributed by atoms with Gasteiger partial charge in [0.05, 0.1) is 0 Å². The van der Waals surface area contributed by atoms with Gasteiger partial charge in [-0.05, 0) is 17.7 Å². The summed E-state index contributed by atoms with van der Waals surface area (Å²) in [6, 6.07) is 6.78. The van der Waals surface area contributed by atoms with Crippen molar-refractivity contribution in [3.05, 3.63) is 34.3 Å². The summed E-state index contributed by atoms with van der Waals surface area (Å²) in [7, 11) is 1.57. The molecular weight excluding hydrogens is 232 g/mol. The zero-order valence-corrected chi connectivity index (χ0v) is 8.84. The summed E-state index contributed by atoms with van der Waals surface area (Å²) in [5, 5.41) is 2.50. The maximum absolute atomic E-state index is 11.1. The number of nitrogens with two attached hydrogens (primary N) is 1. The summed E-state index contributed by atoms with van der Waals surface area (Å²) in [5.74, 6) is -0.178. The predicted octanol–water partition coefficient (Wildman–Crippen LogP) is 1.19. The van der Waals surface area contributed by atoms with Gasteiger partial charge in [-0.1, -0.05) is 28.1 Å². The molecule has 0 aliphatic rings. The molecule has 1 amide bonds. The summed E-state index contributed by atoms with van der Waals surface area (Å²) < 4.78 is 0.973. The molecule has 3 N–H and O–H groups in total. The van der Waals surface area contributed by atoms with Crippen molar-refractivity contribution in [3.63, 3.8) is 0 Å². The zero-order chi connectivity index (χ0) is 9.84. The van der Waals surface area contributed by atoms with Crippen LogP contribution >= 0.6 is 15.9 Å². The normalized spacial score (nSPS) is 12.2. The Balaban J connectivity index is 2.83. The van der Waals surface area contributed by atoms with Gasteiger partial charge in [-0.3, -0.25) is 4.79 Å². The van der Waals surface area contributed by atoms with Gasteiger partial charge in [-0.25, -0.2) is 0 Å². The molecule has 13 heavy (non-hydrogen) atoms. The van der Waals surface area contributed by atoms with Crippen molar-refractivity contribution < 1.29 is 4.79 Å². The Kier molecular flexibility index (Phi) is 3.45. The lowest BCUT2D eigenvalue weighted by molar-refractivity contribution is -0.121. The molecule has 1 rings (SSSR count). The number of likely N-dealkylation sites (N-methyl/N-ethyl adjacent to an activating group) is 1. The van der Waals surface area contributed by atoms with E-state index in [2.05, 4.69) is 21.2 Å². The summed E-state index contributed by atoms with van der Waals surface area (Å²) in [6.45, 7) is 0. The first-order valence-electron chi connectivity index (χ1n) is 3.88. The van der Waals surface area contributed by atoms with Crippen molar-refractivity contribution in [2.75, 3.05) is 7.05 Å². The maximum Gasteiger partial charge on any atom is 0.241 e. The molecule has 0 aliphatic carbocycles. The number of halogens is 1. The molecule has 0 bridgehead atoms. The molecule has 1 atom stereocenters. The van der Waals surface area contributed by atoms with Gasteiger partial charge in [-0.2, -0.15) is 0 Å². The third-order valence-corrected chi connectivity index (χ3v) is 2.29. The number of nitrogens with one attached hydrogen (secondary N) is 1. The smallest absolute Gasteiger partial charge is 0.241 e. The quantitative estimate of drug-likeness (QED) is 0.819. The van der Waals surface area contributed by atoms with E-state index in [9.17, 15) is 4.79 Å². The van der Waals surface area contributed by atoms with Crippen LogP contribution in [0.1, 0.15) is 11.6 Å². The van der Waals surface area contributed by atoms with Gasteiger partial charge in [-0.15, -0.1) is 0 Å². The standard InChI is InChI=1S/C9H11BrN2O/c1-12-9(13)8(11)6-2-4-7(10)5-3-6/h2-5,8H,11H2,1H3,(H,12,13). The molecule has 0 saturated heterocycles. The molecule has 0 saturated carbocycles. The second kappa shape index (κ2) is 4.39. The van der Waals surface area contributed by atoms with Crippen LogP contribution in [0.3, 0.4) is 0 Å². The van der Waals surface area contributed by atoms with E-state index < -0.39 is 6.04 Å². The lowest BCUT2D eigenvalue weighted by atomic mass is 10.1. The second-order valence-corrected chi connectivity index (χ2v) is 3.56. The van der Waals surface area contributed by atoms with Crippen molar-refractivity contribution in [1.29, 1.82) is 0 Å². The molecule has 0 fully saturated rings. The Morgan fingerprint density at radius 1 is 1.46 bits per heavy atom. The number of rotatable bonds is 2. The largest absolute Gasteiger partial charge is 0.358 e. The second-order valence-electron chi connectivity index (χ2n) is 2.64. The van der Waals surface area contributed by atoms with E-state index >= 15 is 0 Å². The summed E-state index contributed by atoms with van der Waals surface area (Å²) in [6.07, 6.45) is 0. The average Bonchev–Trinajstić information content (AvgIpc) is 2.17. The molecule has 4 heteroatoms. The van der Waals surface area contributed by atoms with Gasteiger partial charge in [0.15, 0.2) is 0 Å². The number of amides is 1. The lowest BCUT2D eigenvalue weighted by Crippen LogP contribution is -2.31. The van der Waals surface area contributed by atoms with Crippen molar-refractivity contribution in [1.82, 2.24) is 5.32 Å². The highest BCUT2D eigenvalue weighted by molar-refractivity contribution is 9.10. The highest BCUT2D eigenvalue weighted by atomic mass is 79.9. The first kappa shape index (κ1) is 10.2. The molecule has 70 valence electrons. The number of carbonyl (C=O) groups is 1. The summed E-state index contributed by atoms with van der Waals surface area (Å²) >= 11 is 3.31. The molecule has 0 spiro atoms. The average molecular weight is 243 g/mol. The molecule has 3 nitrogen and oxygen atoms in total. The highest BCUT2D eigenvalue weighted by Crippen LogP contribution is 2.15. The number of hydrogen-bond donors (Lipinski definition) is 2. The van der Waals surface area contributed by atoms with Crippen LogP contribution in [0.25, 0.3) is 0 Å². The monoisotopic (exact) mass is 242 g/mol. The van der Waals surface area contributed by atoms with E-state index in [-0.39, 0.29) is 5.91 Å². The summed E-state index contributed by atoms with van der Waals surface area (Å²) in [5.41, 5.74) is 6.48. The fourth-order valence-corrected chi connectivity index (χ4v) is 1.24. The zero-order valence-electron chi connectivity index (χ0n) is 7.25. The van der Waals surface area contributed by atoms with Gasteiger partial charge in [0.2, 0.25) is 5.91 Å². The van der Waals surface area contributed by atoms with Crippen LogP contribution in [-0.4, -0.2) is 13.0 Å². The van der Waals surface area contributed by atoms with Crippen LogP contribution in [0, 0.1) is 0 Å². The summed E-state index contributed by atoms with van der Waals surface area (Å²) in [4.78, 5) is 11.1. The molecule has 0 radical (unpaired) electrons. The Morgan fingerprint density at radius 2 is 2.00 bits per heavy atom. The topological polar surface area (TPSA) is 55.1 Å². The molecular formula is C9H11BrN2O. The number of benzene rings is 1. The van der Waals surface area contributed by atoms with Gasteiger partial charge in [0, 0.05) is 11.5 Å². The first-order valence-corrected chi connectivity index (χ1v) is 4.67. The SMILES string of the molecule is CNC(=O)C(N)c1ccc(Br)cc1. The first-order chi connectivity index (χ1) is 6.15. The Labute approximate surface area is 85.4 Å². The van der Waals surface area contributed by atoms with E-state index in [1.54, 1.807) is 7.05 Å². The minimum absolute atomic E-state index is 0.178. The van der Waals surface area contributed by atoms with Crippen LogP contribution in [-0.2, 0) is 4.79 Å². The predicted molar refractivity (Wildman–Crippen MR) is 55.1 cm³/mol. The van der Waals surface area contributed by atoms with Crippen LogP contribution in [0.2, 0.25) is 0 Å². The fourth-order valence-electron chi connectivity index (χ4n) is 0.977. The lowest BCUT2D eigenvalue weighted by Gasteiger charge is -2.09. The van der Waals surface area contributed by atoms with E-state index in [4.69, 9.17) is 5.73 Å². The highest BCUT2D eigenvalue weighted by Gasteiger charge is 2.12. The van der Waals surface area contributed by atoms with Gasteiger partial charge < -0.3 is 11.1 Å². The Bertz CT molecular complexity index is 297. The van der Waals surface area contributed by atoms with Crippen LogP contribution < -0.4 is 11.1 Å². The molecule has 1 aromatic rings. The van der Waals surface area contributed by atoms with Crippen molar-refractivity contribution in [3.8, 4) is 0 Å². The minimum atomic E-state index is -0.585. The van der Waals surface area contributed by atoms with Crippen LogP contribution in [0.15, 0.2) is 28.7 Å². The molecule has 1 unspecified atom stereocenters. The van der Waals surface area contributed by atoms with E-state index in [1.165, 1.54) is 0 Å². The molecule has 1 aromatic carbocycles. The van der Waals surface area contributed by atoms with E-state index in [1.807, 2.05) is 24.3 Å². The third-order valence-electron chi connectivity index (χ3n) is 1.76. The molecule has 0 aromatic heterocycles. The van der Waals surface area contributed by atoms with Gasteiger partial charge in [0.25, 0.3) is 0 Å². The number of carbonyl (C=O) groups excluding carboxylic acids is 1. The van der Waals surface area contributed by atoms with Crippen LogP contribution in [0.5, 0.6) is 0 Å². The number of hydrogen-bond acceptors (Lipinski definition) is 2. The maximum atomic E-state index is 11.1. The van der Waals surface area contributed by atoms with Crippen molar-refractivity contribution >= 4 is 21.8 Å². The van der Waals surface area contributed by atoms with E-state index in [0.717, 1.165) is 10.0 Å². The minimum Gasteiger partial charge on any atom is -0.358 e. The van der Waals surface area contributed by atoms with Gasteiger partial charge >= 0.3 is 0 Å². The fraction of sp³-hybridized carbons (Fsp3) is 0.222.